The van der Waals surface area contributed by atoms with Gasteiger partial charge < -0.3 is 19.4 Å². The number of nitrogens with zero attached hydrogens (tertiary/aromatic N) is 1. The molecule has 0 spiro atoms. The molecule has 0 aliphatic carbocycles. The second kappa shape index (κ2) is 6.62. The van der Waals surface area contributed by atoms with E-state index in [0.29, 0.717) is 12.3 Å². The number of rotatable bonds is 5. The lowest BCUT2D eigenvalue weighted by Crippen LogP contribution is -2.48. The topological polar surface area (TPSA) is 54.7 Å². The van der Waals surface area contributed by atoms with E-state index in [0.717, 1.165) is 32.6 Å². The molecule has 0 unspecified atom stereocenters. The highest BCUT2D eigenvalue weighted by molar-refractivity contribution is 5.91. The molecule has 0 bridgehead atoms. The number of carbonyl (C=O) groups excluding carboxylic acids is 1. The smallest absolute Gasteiger partial charge is 0.286 e. The maximum Gasteiger partial charge on any atom is 0.286 e. The van der Waals surface area contributed by atoms with Crippen molar-refractivity contribution in [3.8, 4) is 0 Å². The van der Waals surface area contributed by atoms with Crippen LogP contribution in [0.25, 0.3) is 0 Å². The minimum Gasteiger partial charge on any atom is -0.459 e. The Bertz CT molecular complexity index is 446. The second-order valence-electron chi connectivity index (χ2n) is 6.26. The molecule has 2 aliphatic heterocycles. The van der Waals surface area contributed by atoms with Crippen LogP contribution in [0.1, 0.15) is 36.2 Å². The predicted molar refractivity (Wildman–Crippen MR) is 79.2 cm³/mol. The SMILES string of the molecule is O=C(NCC1(CN2CCCC2)CCOCC1)c1ccco1. The van der Waals surface area contributed by atoms with Crippen molar-refractivity contribution in [1.82, 2.24) is 10.2 Å². The number of nitrogens with one attached hydrogen (secondary N) is 1. The summed E-state index contributed by atoms with van der Waals surface area (Å²) in [5.74, 6) is 0.269. The van der Waals surface area contributed by atoms with Gasteiger partial charge >= 0.3 is 0 Å². The molecule has 21 heavy (non-hydrogen) atoms. The molecule has 0 atom stereocenters. The van der Waals surface area contributed by atoms with Gasteiger partial charge in [-0.15, -0.1) is 0 Å². The zero-order valence-corrected chi connectivity index (χ0v) is 12.5. The fraction of sp³-hybridized carbons (Fsp3) is 0.688. The summed E-state index contributed by atoms with van der Waals surface area (Å²) in [6.45, 7) is 5.74. The van der Waals surface area contributed by atoms with Gasteiger partial charge in [0.25, 0.3) is 5.91 Å². The van der Waals surface area contributed by atoms with Gasteiger partial charge in [0, 0.05) is 31.7 Å². The Kier molecular flexibility index (Phi) is 4.60. The monoisotopic (exact) mass is 292 g/mol. The molecule has 2 saturated heterocycles. The van der Waals surface area contributed by atoms with E-state index in [-0.39, 0.29) is 11.3 Å². The summed E-state index contributed by atoms with van der Waals surface area (Å²) in [4.78, 5) is 14.6. The number of amides is 1. The zero-order chi connectivity index (χ0) is 14.5. The molecular weight excluding hydrogens is 268 g/mol. The van der Waals surface area contributed by atoms with E-state index in [1.807, 2.05) is 0 Å². The molecule has 1 aromatic heterocycles. The van der Waals surface area contributed by atoms with Crippen molar-refractivity contribution in [1.29, 1.82) is 0 Å². The molecule has 2 aliphatic rings. The van der Waals surface area contributed by atoms with Gasteiger partial charge in [-0.1, -0.05) is 0 Å². The summed E-state index contributed by atoms with van der Waals surface area (Å²) in [5, 5.41) is 3.05. The molecule has 1 N–H and O–H groups in total. The molecule has 1 amide bonds. The van der Waals surface area contributed by atoms with Gasteiger partial charge in [0.2, 0.25) is 0 Å². The molecule has 1 aromatic rings. The number of hydrogen-bond donors (Lipinski definition) is 1. The average molecular weight is 292 g/mol. The summed E-state index contributed by atoms with van der Waals surface area (Å²) >= 11 is 0. The molecule has 3 heterocycles. The molecule has 0 aromatic carbocycles. The van der Waals surface area contributed by atoms with Crippen LogP contribution in [0, 0.1) is 5.41 Å². The molecule has 0 saturated carbocycles. The van der Waals surface area contributed by atoms with Gasteiger partial charge in [0.1, 0.15) is 0 Å². The molecule has 5 heteroatoms. The Morgan fingerprint density at radius 2 is 2.05 bits per heavy atom. The quantitative estimate of drug-likeness (QED) is 0.900. The van der Waals surface area contributed by atoms with Crippen LogP contribution in [-0.4, -0.2) is 50.2 Å². The highest BCUT2D eigenvalue weighted by Crippen LogP contribution is 2.32. The lowest BCUT2D eigenvalue weighted by molar-refractivity contribution is -0.000751. The number of likely N-dealkylation sites (tertiary alicyclic amines) is 1. The Balaban J connectivity index is 1.60. The molecular formula is C16H24N2O3. The Labute approximate surface area is 125 Å². The highest BCUT2D eigenvalue weighted by atomic mass is 16.5. The number of hydrogen-bond acceptors (Lipinski definition) is 4. The maximum atomic E-state index is 12.1. The van der Waals surface area contributed by atoms with Crippen LogP contribution in [0.5, 0.6) is 0 Å². The summed E-state index contributed by atoms with van der Waals surface area (Å²) in [6, 6.07) is 3.44. The van der Waals surface area contributed by atoms with E-state index < -0.39 is 0 Å². The van der Waals surface area contributed by atoms with Crippen molar-refractivity contribution in [2.75, 3.05) is 39.4 Å². The van der Waals surface area contributed by atoms with Gasteiger partial charge in [0.15, 0.2) is 5.76 Å². The first-order valence-electron chi connectivity index (χ1n) is 7.89. The van der Waals surface area contributed by atoms with E-state index in [9.17, 15) is 4.79 Å². The van der Waals surface area contributed by atoms with E-state index in [1.165, 1.54) is 32.2 Å². The molecule has 3 rings (SSSR count). The van der Waals surface area contributed by atoms with Gasteiger partial charge in [-0.05, 0) is 50.9 Å². The largest absolute Gasteiger partial charge is 0.459 e. The molecule has 116 valence electrons. The van der Waals surface area contributed by atoms with Crippen LogP contribution < -0.4 is 5.32 Å². The minimum absolute atomic E-state index is 0.118. The van der Waals surface area contributed by atoms with Crippen molar-refractivity contribution in [3.63, 3.8) is 0 Å². The first-order valence-corrected chi connectivity index (χ1v) is 7.89. The molecule has 0 radical (unpaired) electrons. The van der Waals surface area contributed by atoms with E-state index in [2.05, 4.69) is 10.2 Å². The second-order valence-corrected chi connectivity index (χ2v) is 6.26. The number of furan rings is 1. The van der Waals surface area contributed by atoms with Crippen LogP contribution in [0.3, 0.4) is 0 Å². The van der Waals surface area contributed by atoms with Crippen LogP contribution in [-0.2, 0) is 4.74 Å². The van der Waals surface area contributed by atoms with Crippen LogP contribution in [0.15, 0.2) is 22.8 Å². The fourth-order valence-corrected chi connectivity index (χ4v) is 3.37. The van der Waals surface area contributed by atoms with Crippen LogP contribution >= 0.6 is 0 Å². The standard InChI is InChI=1S/C16H24N2O3/c19-15(14-4-3-9-21-14)17-12-16(5-10-20-11-6-16)13-18-7-1-2-8-18/h3-4,9H,1-2,5-8,10-13H2,(H,17,19). The maximum absolute atomic E-state index is 12.1. The summed E-state index contributed by atoms with van der Waals surface area (Å²) in [7, 11) is 0. The Morgan fingerprint density at radius 3 is 2.71 bits per heavy atom. The van der Waals surface area contributed by atoms with Gasteiger partial charge in [-0.2, -0.15) is 0 Å². The van der Waals surface area contributed by atoms with Gasteiger partial charge in [0.05, 0.1) is 6.26 Å². The fourth-order valence-electron chi connectivity index (χ4n) is 3.37. The number of carbonyl (C=O) groups is 1. The zero-order valence-electron chi connectivity index (χ0n) is 12.5. The average Bonchev–Trinajstić information content (AvgIpc) is 3.19. The first-order chi connectivity index (χ1) is 10.3. The Hall–Kier alpha value is -1.33. The third kappa shape index (κ3) is 3.66. The Morgan fingerprint density at radius 1 is 1.29 bits per heavy atom. The van der Waals surface area contributed by atoms with Gasteiger partial charge in [-0.25, -0.2) is 0 Å². The van der Waals surface area contributed by atoms with Crippen LogP contribution in [0.2, 0.25) is 0 Å². The van der Waals surface area contributed by atoms with Gasteiger partial charge in [-0.3, -0.25) is 4.79 Å². The molecule has 2 fully saturated rings. The third-order valence-corrected chi connectivity index (χ3v) is 4.68. The number of ether oxygens (including phenoxy) is 1. The van der Waals surface area contributed by atoms with Crippen molar-refractivity contribution in [3.05, 3.63) is 24.2 Å². The van der Waals surface area contributed by atoms with Crippen molar-refractivity contribution in [2.24, 2.45) is 5.41 Å². The summed E-state index contributed by atoms with van der Waals surface area (Å²) < 4.78 is 10.7. The third-order valence-electron chi connectivity index (χ3n) is 4.68. The summed E-state index contributed by atoms with van der Waals surface area (Å²) in [6.07, 6.45) is 6.16. The lowest BCUT2D eigenvalue weighted by Gasteiger charge is -2.40. The predicted octanol–water partition coefficient (Wildman–Crippen LogP) is 1.90. The van der Waals surface area contributed by atoms with Crippen LogP contribution in [0.4, 0.5) is 0 Å². The summed E-state index contributed by atoms with van der Waals surface area (Å²) in [5.41, 5.74) is 0.144. The van der Waals surface area contributed by atoms with Crippen molar-refractivity contribution >= 4 is 5.91 Å². The van der Waals surface area contributed by atoms with E-state index >= 15 is 0 Å². The molecule has 5 nitrogen and oxygen atoms in total. The van der Waals surface area contributed by atoms with Crippen molar-refractivity contribution < 1.29 is 13.9 Å². The van der Waals surface area contributed by atoms with E-state index in [1.54, 1.807) is 12.1 Å². The normalized spacial score (nSPS) is 22.3. The highest BCUT2D eigenvalue weighted by Gasteiger charge is 2.35. The lowest BCUT2D eigenvalue weighted by atomic mass is 9.79. The first kappa shape index (κ1) is 14.6. The minimum atomic E-state index is -0.118. The van der Waals surface area contributed by atoms with E-state index in [4.69, 9.17) is 9.15 Å². The van der Waals surface area contributed by atoms with Crippen molar-refractivity contribution in [2.45, 2.75) is 25.7 Å².